The molecule has 5 nitrogen and oxygen atoms in total. The largest absolute Gasteiger partial charge is 0.320 e. The summed E-state index contributed by atoms with van der Waals surface area (Å²) in [6, 6.07) is 10.6. The molecule has 142 valence electrons. The second-order valence-electron chi connectivity index (χ2n) is 7.34. The molecule has 2 aliphatic rings. The standard InChI is InChI=1S/C21H26N4OS/c1-15-16(2)25(18-10-6-7-11-18)21(22-15)27-14-20(26)24-13-12-19(23-24)17-8-4-3-5-9-17/h3-5,8-9,18H,6-7,10-14H2,1-2H3. The van der Waals surface area contributed by atoms with Crippen LogP contribution in [-0.4, -0.2) is 38.5 Å². The Morgan fingerprint density at radius 1 is 1.19 bits per heavy atom. The molecule has 0 unspecified atom stereocenters. The summed E-state index contributed by atoms with van der Waals surface area (Å²) >= 11 is 1.55. The molecular formula is C21H26N4OS. The molecule has 0 radical (unpaired) electrons. The van der Waals surface area contributed by atoms with Gasteiger partial charge in [0.05, 0.1) is 23.7 Å². The van der Waals surface area contributed by atoms with Crippen LogP contribution in [0.5, 0.6) is 0 Å². The fraction of sp³-hybridized carbons (Fsp3) is 0.476. The molecule has 0 atom stereocenters. The monoisotopic (exact) mass is 382 g/mol. The van der Waals surface area contributed by atoms with Gasteiger partial charge < -0.3 is 4.57 Å². The molecule has 1 aromatic heterocycles. The van der Waals surface area contributed by atoms with Crippen molar-refractivity contribution < 1.29 is 4.79 Å². The van der Waals surface area contributed by atoms with Gasteiger partial charge in [-0.15, -0.1) is 0 Å². The number of nitrogens with zero attached hydrogens (tertiary/aromatic N) is 4. The van der Waals surface area contributed by atoms with Gasteiger partial charge in [-0.25, -0.2) is 9.99 Å². The number of hydrogen-bond donors (Lipinski definition) is 0. The highest BCUT2D eigenvalue weighted by Gasteiger charge is 2.25. The average molecular weight is 383 g/mol. The van der Waals surface area contributed by atoms with Crippen molar-refractivity contribution in [1.82, 2.24) is 14.6 Å². The number of thioether (sulfide) groups is 1. The zero-order valence-electron chi connectivity index (χ0n) is 16.0. The van der Waals surface area contributed by atoms with E-state index in [1.165, 1.54) is 31.4 Å². The minimum atomic E-state index is 0.0576. The van der Waals surface area contributed by atoms with E-state index in [9.17, 15) is 4.79 Å². The Morgan fingerprint density at radius 2 is 1.93 bits per heavy atom. The van der Waals surface area contributed by atoms with Crippen LogP contribution in [-0.2, 0) is 4.79 Å². The lowest BCUT2D eigenvalue weighted by Gasteiger charge is -2.17. The van der Waals surface area contributed by atoms with Crippen LogP contribution in [0.3, 0.4) is 0 Å². The van der Waals surface area contributed by atoms with E-state index in [-0.39, 0.29) is 5.91 Å². The van der Waals surface area contributed by atoms with Crippen molar-refractivity contribution in [3.63, 3.8) is 0 Å². The lowest BCUT2D eigenvalue weighted by atomic mass is 10.1. The van der Waals surface area contributed by atoms with Crippen molar-refractivity contribution in [2.45, 2.75) is 57.1 Å². The number of carbonyl (C=O) groups excluding carboxylic acids is 1. The Bertz CT molecular complexity index is 853. The van der Waals surface area contributed by atoms with E-state index >= 15 is 0 Å². The van der Waals surface area contributed by atoms with Crippen LogP contribution in [0.25, 0.3) is 0 Å². The summed E-state index contributed by atoms with van der Waals surface area (Å²) in [4.78, 5) is 17.4. The average Bonchev–Trinajstić information content (AvgIpc) is 3.42. The van der Waals surface area contributed by atoms with Gasteiger partial charge in [0.15, 0.2) is 5.16 Å². The SMILES string of the molecule is Cc1nc(SCC(=O)N2CCC(c3ccccc3)=N2)n(C2CCCC2)c1C. The van der Waals surface area contributed by atoms with Crippen LogP contribution >= 0.6 is 11.8 Å². The highest BCUT2D eigenvalue weighted by molar-refractivity contribution is 7.99. The molecule has 4 rings (SSSR count). The first-order valence-electron chi connectivity index (χ1n) is 9.75. The molecule has 1 saturated carbocycles. The second-order valence-corrected chi connectivity index (χ2v) is 8.28. The van der Waals surface area contributed by atoms with Crippen LogP contribution in [0.15, 0.2) is 40.6 Å². The van der Waals surface area contributed by atoms with Crippen molar-refractivity contribution in [2.24, 2.45) is 5.10 Å². The second kappa shape index (κ2) is 7.89. The quantitative estimate of drug-likeness (QED) is 0.723. The smallest absolute Gasteiger partial charge is 0.253 e. The highest BCUT2D eigenvalue weighted by atomic mass is 32.2. The first-order chi connectivity index (χ1) is 13.1. The number of benzene rings is 1. The fourth-order valence-corrected chi connectivity index (χ4v) is 4.99. The Morgan fingerprint density at radius 3 is 2.67 bits per heavy atom. The molecule has 2 aromatic rings. The summed E-state index contributed by atoms with van der Waals surface area (Å²) in [5.74, 6) is 0.441. The maximum Gasteiger partial charge on any atom is 0.253 e. The molecule has 6 heteroatoms. The molecule has 27 heavy (non-hydrogen) atoms. The van der Waals surface area contributed by atoms with Gasteiger partial charge in [-0.3, -0.25) is 4.79 Å². The van der Waals surface area contributed by atoms with Gasteiger partial charge in [0, 0.05) is 18.2 Å². The van der Waals surface area contributed by atoms with Crippen molar-refractivity contribution in [3.05, 3.63) is 47.3 Å². The number of hydrogen-bond acceptors (Lipinski definition) is 4. The predicted octanol–water partition coefficient (Wildman–Crippen LogP) is 4.34. The van der Waals surface area contributed by atoms with E-state index in [4.69, 9.17) is 4.98 Å². The first-order valence-corrected chi connectivity index (χ1v) is 10.7. The van der Waals surface area contributed by atoms with Crippen LogP contribution in [0.4, 0.5) is 0 Å². The van der Waals surface area contributed by atoms with E-state index in [2.05, 4.69) is 23.5 Å². The topological polar surface area (TPSA) is 50.5 Å². The van der Waals surface area contributed by atoms with E-state index in [0.29, 0.717) is 18.3 Å². The zero-order valence-corrected chi connectivity index (χ0v) is 16.8. The van der Waals surface area contributed by atoms with Crippen LogP contribution in [0, 0.1) is 13.8 Å². The number of imidazole rings is 1. The third-order valence-corrected chi connectivity index (χ3v) is 6.50. The Kier molecular flexibility index (Phi) is 5.34. The van der Waals surface area contributed by atoms with Crippen molar-refractivity contribution in [2.75, 3.05) is 12.3 Å². The third kappa shape index (κ3) is 3.81. The van der Waals surface area contributed by atoms with E-state index in [0.717, 1.165) is 28.5 Å². The van der Waals surface area contributed by atoms with Gasteiger partial charge in [0.25, 0.3) is 5.91 Å². The molecule has 1 amide bonds. The molecule has 2 heterocycles. The highest BCUT2D eigenvalue weighted by Crippen LogP contribution is 2.35. The molecule has 0 saturated heterocycles. The molecule has 1 fully saturated rings. The zero-order chi connectivity index (χ0) is 18.8. The maximum absolute atomic E-state index is 12.7. The van der Waals surface area contributed by atoms with Crippen molar-refractivity contribution in [1.29, 1.82) is 0 Å². The summed E-state index contributed by atoms with van der Waals surface area (Å²) in [5, 5.41) is 7.16. The predicted molar refractivity (Wildman–Crippen MR) is 109 cm³/mol. The van der Waals surface area contributed by atoms with Gasteiger partial charge in [0.2, 0.25) is 0 Å². The van der Waals surface area contributed by atoms with Crippen LogP contribution < -0.4 is 0 Å². The van der Waals surface area contributed by atoms with Gasteiger partial charge in [0.1, 0.15) is 0 Å². The molecular weight excluding hydrogens is 356 g/mol. The van der Waals surface area contributed by atoms with Crippen LogP contribution in [0.2, 0.25) is 0 Å². The van der Waals surface area contributed by atoms with Crippen molar-refractivity contribution in [3.8, 4) is 0 Å². The van der Waals surface area contributed by atoms with Gasteiger partial charge in [-0.2, -0.15) is 5.10 Å². The normalized spacial score (nSPS) is 17.6. The van der Waals surface area contributed by atoms with E-state index in [1.54, 1.807) is 16.8 Å². The summed E-state index contributed by atoms with van der Waals surface area (Å²) < 4.78 is 2.36. The Labute approximate surface area is 164 Å². The van der Waals surface area contributed by atoms with Crippen LogP contribution in [0.1, 0.15) is 55.1 Å². The van der Waals surface area contributed by atoms with Gasteiger partial charge in [-0.05, 0) is 32.3 Å². The molecule has 1 aliphatic heterocycles. The minimum absolute atomic E-state index is 0.0576. The van der Waals surface area contributed by atoms with Gasteiger partial charge in [-0.1, -0.05) is 54.9 Å². The maximum atomic E-state index is 12.7. The van der Waals surface area contributed by atoms with Crippen molar-refractivity contribution >= 4 is 23.4 Å². The number of hydrazone groups is 1. The fourth-order valence-electron chi connectivity index (χ4n) is 3.96. The molecule has 0 spiro atoms. The first kappa shape index (κ1) is 18.3. The van der Waals surface area contributed by atoms with E-state index in [1.807, 2.05) is 30.3 Å². The summed E-state index contributed by atoms with van der Waals surface area (Å²) in [7, 11) is 0. The summed E-state index contributed by atoms with van der Waals surface area (Å²) in [6.07, 6.45) is 5.82. The minimum Gasteiger partial charge on any atom is -0.320 e. The lowest BCUT2D eigenvalue weighted by Crippen LogP contribution is -2.25. The summed E-state index contributed by atoms with van der Waals surface area (Å²) in [5.41, 5.74) is 4.40. The molecule has 0 bridgehead atoms. The number of aromatic nitrogens is 2. The third-order valence-electron chi connectivity index (χ3n) is 5.57. The summed E-state index contributed by atoms with van der Waals surface area (Å²) in [6.45, 7) is 4.87. The number of aryl methyl sites for hydroxylation is 1. The Balaban J connectivity index is 1.43. The molecule has 1 aliphatic carbocycles. The molecule has 0 N–H and O–H groups in total. The lowest BCUT2D eigenvalue weighted by molar-refractivity contribution is -0.127. The van der Waals surface area contributed by atoms with E-state index < -0.39 is 0 Å². The van der Waals surface area contributed by atoms with Gasteiger partial charge >= 0.3 is 0 Å². The number of rotatable bonds is 5. The number of amides is 1. The Hall–Kier alpha value is -2.08. The number of carbonyl (C=O) groups is 1. The molecule has 1 aromatic carbocycles.